The van der Waals surface area contributed by atoms with E-state index in [-0.39, 0.29) is 23.2 Å². The lowest BCUT2D eigenvalue weighted by molar-refractivity contribution is 0.263. The molecule has 3 aromatic carbocycles. The highest BCUT2D eigenvalue weighted by Crippen LogP contribution is 2.36. The van der Waals surface area contributed by atoms with Gasteiger partial charge in [-0.05, 0) is 24.3 Å². The molecule has 0 amide bonds. The van der Waals surface area contributed by atoms with E-state index in [0.717, 1.165) is 5.56 Å². The van der Waals surface area contributed by atoms with Crippen molar-refractivity contribution in [2.45, 2.75) is 11.5 Å². The maximum absolute atomic E-state index is 13.4. The van der Waals surface area contributed by atoms with E-state index in [1.807, 2.05) is 30.3 Å². The molecule has 0 fully saturated rings. The maximum atomic E-state index is 13.4. The average Bonchev–Trinajstić information content (AvgIpc) is 3.17. The lowest BCUT2D eigenvalue weighted by Gasteiger charge is -2.07. The van der Waals surface area contributed by atoms with E-state index in [2.05, 4.69) is 4.98 Å². The molecule has 1 heterocycles. The van der Waals surface area contributed by atoms with E-state index < -0.39 is 15.8 Å². The van der Waals surface area contributed by atoms with Crippen molar-refractivity contribution in [1.29, 1.82) is 0 Å². The smallest absolute Gasteiger partial charge is 0.238 e. The van der Waals surface area contributed by atoms with Crippen LogP contribution in [-0.4, -0.2) is 13.4 Å². The van der Waals surface area contributed by atoms with E-state index in [1.54, 1.807) is 24.3 Å². The van der Waals surface area contributed by atoms with Gasteiger partial charge in [0.25, 0.3) is 0 Å². The third-order valence-electron chi connectivity index (χ3n) is 4.32. The van der Waals surface area contributed by atoms with Crippen LogP contribution in [0.2, 0.25) is 0 Å². The second-order valence-corrected chi connectivity index (χ2v) is 7.97. The minimum absolute atomic E-state index is 0.0686. The molecule has 0 spiro atoms. The van der Waals surface area contributed by atoms with Gasteiger partial charge in [0.2, 0.25) is 15.9 Å². The molecule has 30 heavy (non-hydrogen) atoms. The van der Waals surface area contributed by atoms with Crippen molar-refractivity contribution in [2.75, 3.05) is 0 Å². The van der Waals surface area contributed by atoms with E-state index in [1.165, 1.54) is 24.3 Å². The molecule has 0 atom stereocenters. The molecule has 1 aromatic heterocycles. The number of halogens is 1. The third kappa shape index (κ3) is 4.24. The molecular weight excluding hydrogens is 407 g/mol. The summed E-state index contributed by atoms with van der Waals surface area (Å²) in [6.07, 6.45) is 0. The second-order valence-electron chi connectivity index (χ2n) is 6.44. The lowest BCUT2D eigenvalue weighted by atomic mass is 10.1. The molecule has 2 N–H and O–H groups in total. The molecule has 6 nitrogen and oxygen atoms in total. The minimum atomic E-state index is -3.99. The number of aromatic nitrogens is 1. The second kappa shape index (κ2) is 8.10. The third-order valence-corrected chi connectivity index (χ3v) is 5.28. The normalized spacial score (nSPS) is 11.4. The van der Waals surface area contributed by atoms with E-state index in [9.17, 15) is 12.8 Å². The van der Waals surface area contributed by atoms with Gasteiger partial charge in [0.1, 0.15) is 17.3 Å². The minimum Gasteiger partial charge on any atom is -0.484 e. The van der Waals surface area contributed by atoms with Crippen LogP contribution in [0.3, 0.4) is 0 Å². The largest absolute Gasteiger partial charge is 0.484 e. The average molecular weight is 424 g/mol. The van der Waals surface area contributed by atoms with Crippen molar-refractivity contribution in [3.05, 3.63) is 90.6 Å². The molecule has 0 aliphatic carbocycles. The molecule has 0 saturated carbocycles. The fourth-order valence-corrected chi connectivity index (χ4v) is 3.74. The fourth-order valence-electron chi connectivity index (χ4n) is 3.00. The first kappa shape index (κ1) is 19.8. The number of nitrogens with two attached hydrogens (primary N) is 1. The number of sulfonamides is 1. The van der Waals surface area contributed by atoms with Crippen molar-refractivity contribution < 1.29 is 22.0 Å². The molecule has 152 valence electrons. The lowest BCUT2D eigenvalue weighted by Crippen LogP contribution is -2.13. The number of benzene rings is 3. The Balaban J connectivity index is 1.78. The van der Waals surface area contributed by atoms with Crippen LogP contribution < -0.4 is 9.88 Å². The van der Waals surface area contributed by atoms with Crippen LogP contribution in [0.15, 0.2) is 88.2 Å². The monoisotopic (exact) mass is 424 g/mol. The zero-order valence-corrected chi connectivity index (χ0v) is 16.5. The van der Waals surface area contributed by atoms with Gasteiger partial charge >= 0.3 is 0 Å². The Bertz CT molecular complexity index is 1290. The Morgan fingerprint density at radius 3 is 2.43 bits per heavy atom. The van der Waals surface area contributed by atoms with Gasteiger partial charge < -0.3 is 9.15 Å². The molecular formula is C22H17FN2O4S. The first-order valence-corrected chi connectivity index (χ1v) is 10.5. The summed E-state index contributed by atoms with van der Waals surface area (Å²) < 4.78 is 49.0. The van der Waals surface area contributed by atoms with E-state index in [0.29, 0.717) is 17.0 Å². The number of hydrogen-bond donors (Lipinski definition) is 1. The summed E-state index contributed by atoms with van der Waals surface area (Å²) in [4.78, 5) is 4.42. The van der Waals surface area contributed by atoms with Gasteiger partial charge in [0.05, 0.1) is 4.90 Å². The van der Waals surface area contributed by atoms with Gasteiger partial charge in [-0.2, -0.15) is 0 Å². The van der Waals surface area contributed by atoms with Gasteiger partial charge in [-0.15, -0.1) is 0 Å². The van der Waals surface area contributed by atoms with Crippen LogP contribution in [0, 0.1) is 5.82 Å². The number of ether oxygens (including phenoxy) is 1. The Hall–Kier alpha value is -3.49. The van der Waals surface area contributed by atoms with Crippen LogP contribution in [0.25, 0.3) is 22.6 Å². The van der Waals surface area contributed by atoms with Crippen molar-refractivity contribution in [3.63, 3.8) is 0 Å². The highest BCUT2D eigenvalue weighted by atomic mass is 32.2. The van der Waals surface area contributed by atoms with Crippen LogP contribution in [0.1, 0.15) is 5.89 Å². The summed E-state index contributed by atoms with van der Waals surface area (Å²) in [5.74, 6) is 0.356. The predicted molar refractivity (Wildman–Crippen MR) is 109 cm³/mol. The number of oxazole rings is 1. The zero-order valence-electron chi connectivity index (χ0n) is 15.7. The number of nitrogens with zero attached hydrogens (tertiary/aromatic N) is 1. The Morgan fingerprint density at radius 2 is 1.70 bits per heavy atom. The zero-order chi connectivity index (χ0) is 21.1. The number of primary sulfonamides is 1. The first-order chi connectivity index (χ1) is 14.4. The summed E-state index contributed by atoms with van der Waals surface area (Å²) in [5.41, 5.74) is 1.48. The molecule has 4 aromatic rings. The van der Waals surface area contributed by atoms with Crippen LogP contribution in [0.4, 0.5) is 4.39 Å². The molecule has 0 aliphatic heterocycles. The first-order valence-electron chi connectivity index (χ1n) is 8.97. The van der Waals surface area contributed by atoms with Gasteiger partial charge in [-0.1, -0.05) is 48.5 Å². The summed E-state index contributed by atoms with van der Waals surface area (Å²) in [6.45, 7) is -0.0686. The van der Waals surface area contributed by atoms with Crippen molar-refractivity contribution in [2.24, 2.45) is 5.14 Å². The highest BCUT2D eigenvalue weighted by molar-refractivity contribution is 7.89. The SMILES string of the molecule is NS(=O)(=O)c1ccccc1-c1oc(COc2cccc(F)c2)nc1-c1ccccc1. The number of hydrogen-bond acceptors (Lipinski definition) is 5. The molecule has 4 rings (SSSR count). The quantitative estimate of drug-likeness (QED) is 0.496. The predicted octanol–water partition coefficient (Wildman–Crippen LogP) is 4.37. The molecule has 0 radical (unpaired) electrons. The fraction of sp³-hybridized carbons (Fsp3) is 0.0455. The Kier molecular flexibility index (Phi) is 5.35. The van der Waals surface area contributed by atoms with Crippen molar-refractivity contribution >= 4 is 10.0 Å². The standard InChI is InChI=1S/C22H17FN2O4S/c23-16-9-6-10-17(13-16)28-14-20-25-21(15-7-2-1-3-8-15)22(29-20)18-11-4-5-12-19(18)30(24,26)27/h1-13H,14H2,(H2,24,26,27). The summed E-state index contributed by atoms with van der Waals surface area (Å²) in [7, 11) is -3.99. The Morgan fingerprint density at radius 1 is 0.967 bits per heavy atom. The van der Waals surface area contributed by atoms with E-state index in [4.69, 9.17) is 14.3 Å². The van der Waals surface area contributed by atoms with Crippen LogP contribution in [-0.2, 0) is 16.6 Å². The van der Waals surface area contributed by atoms with Gasteiger partial charge in [0, 0.05) is 17.2 Å². The van der Waals surface area contributed by atoms with Gasteiger partial charge in [-0.3, -0.25) is 0 Å². The summed E-state index contributed by atoms with van der Waals surface area (Å²) >= 11 is 0. The van der Waals surface area contributed by atoms with E-state index >= 15 is 0 Å². The van der Waals surface area contributed by atoms with Crippen molar-refractivity contribution in [3.8, 4) is 28.3 Å². The summed E-state index contributed by atoms with van der Waals surface area (Å²) in [5, 5.41) is 5.39. The molecule has 0 bridgehead atoms. The Labute approximate surface area is 172 Å². The molecule has 0 saturated heterocycles. The van der Waals surface area contributed by atoms with Crippen LogP contribution >= 0.6 is 0 Å². The molecule has 0 aliphatic rings. The molecule has 8 heteroatoms. The number of rotatable bonds is 6. The molecule has 0 unspecified atom stereocenters. The maximum Gasteiger partial charge on any atom is 0.238 e. The van der Waals surface area contributed by atoms with Gasteiger partial charge in [-0.25, -0.2) is 22.9 Å². The topological polar surface area (TPSA) is 95.4 Å². The van der Waals surface area contributed by atoms with Crippen molar-refractivity contribution in [1.82, 2.24) is 4.98 Å². The highest BCUT2D eigenvalue weighted by Gasteiger charge is 2.23. The van der Waals surface area contributed by atoms with Crippen LogP contribution in [0.5, 0.6) is 5.75 Å². The summed E-state index contributed by atoms with van der Waals surface area (Å²) in [6, 6.07) is 21.2. The van der Waals surface area contributed by atoms with Gasteiger partial charge in [0.15, 0.2) is 12.4 Å².